The highest BCUT2D eigenvalue weighted by atomic mass is 32.2. The molecule has 0 unspecified atom stereocenters. The van der Waals surface area contributed by atoms with Crippen LogP contribution in [0.15, 0.2) is 40.3 Å². The summed E-state index contributed by atoms with van der Waals surface area (Å²) in [6.07, 6.45) is 0. The molecule has 0 bridgehead atoms. The summed E-state index contributed by atoms with van der Waals surface area (Å²) >= 11 is 2.75. The van der Waals surface area contributed by atoms with Crippen molar-refractivity contribution in [1.29, 1.82) is 0 Å². The van der Waals surface area contributed by atoms with E-state index < -0.39 is 4.92 Å². The van der Waals surface area contributed by atoms with Crippen LogP contribution >= 0.6 is 23.5 Å². The molecule has 0 atom stereocenters. The number of carbonyl (C=O) groups excluding carboxylic acids is 1. The molecule has 1 aromatic carbocycles. The Bertz CT molecular complexity index is 825. The minimum Gasteiger partial charge on any atom is -0.325 e. The third-order valence-corrected chi connectivity index (χ3v) is 4.69. The van der Waals surface area contributed by atoms with Gasteiger partial charge in [0.05, 0.1) is 16.4 Å². The van der Waals surface area contributed by atoms with E-state index in [0.29, 0.717) is 22.3 Å². The molecule has 2 rings (SSSR count). The summed E-state index contributed by atoms with van der Waals surface area (Å²) in [5.74, 6) is 1.23. The molecule has 0 saturated carbocycles. The van der Waals surface area contributed by atoms with Crippen LogP contribution in [0.5, 0.6) is 0 Å². The maximum Gasteiger partial charge on any atom is 0.271 e. The van der Waals surface area contributed by atoms with E-state index in [9.17, 15) is 19.7 Å². The number of anilines is 1. The van der Waals surface area contributed by atoms with E-state index in [0.717, 1.165) is 17.5 Å². The molecule has 2 N–H and O–H groups in total. The van der Waals surface area contributed by atoms with Crippen LogP contribution in [0, 0.1) is 10.1 Å². The van der Waals surface area contributed by atoms with Gasteiger partial charge in [-0.1, -0.05) is 24.8 Å². The van der Waals surface area contributed by atoms with Crippen molar-refractivity contribution in [3.05, 3.63) is 56.5 Å². The van der Waals surface area contributed by atoms with Crippen LogP contribution in [0.3, 0.4) is 0 Å². The van der Waals surface area contributed by atoms with Crippen LogP contribution in [-0.4, -0.2) is 32.3 Å². The smallest absolute Gasteiger partial charge is 0.271 e. The summed E-state index contributed by atoms with van der Waals surface area (Å²) in [6.45, 7) is 2.02. The molecular formula is C15H16N4O4S2. The van der Waals surface area contributed by atoms with Gasteiger partial charge in [-0.15, -0.1) is 0 Å². The molecule has 8 nitrogen and oxygen atoms in total. The number of hydrogen-bond donors (Lipinski definition) is 2. The molecule has 1 amide bonds. The fourth-order valence-electron chi connectivity index (χ4n) is 1.86. The zero-order chi connectivity index (χ0) is 18.2. The SMILES string of the molecule is CCSCc1cc(=O)[nH]c(SCC(=O)Nc2cccc([N+](=O)[O-])c2)n1. The highest BCUT2D eigenvalue weighted by molar-refractivity contribution is 7.99. The number of rotatable bonds is 8. The molecule has 0 radical (unpaired) electrons. The predicted molar refractivity (Wildman–Crippen MR) is 99.1 cm³/mol. The van der Waals surface area contributed by atoms with Crippen molar-refractivity contribution in [2.75, 3.05) is 16.8 Å². The largest absolute Gasteiger partial charge is 0.325 e. The maximum absolute atomic E-state index is 12.0. The first-order valence-electron chi connectivity index (χ1n) is 7.33. The average molecular weight is 380 g/mol. The topological polar surface area (TPSA) is 118 Å². The number of benzene rings is 1. The first-order chi connectivity index (χ1) is 12.0. The van der Waals surface area contributed by atoms with Gasteiger partial charge in [-0.3, -0.25) is 19.7 Å². The second-order valence-corrected chi connectivity index (χ2v) is 7.06. The summed E-state index contributed by atoms with van der Waals surface area (Å²) in [5.41, 5.74) is 0.646. The molecule has 132 valence electrons. The van der Waals surface area contributed by atoms with E-state index in [1.165, 1.54) is 24.3 Å². The minimum atomic E-state index is -0.529. The lowest BCUT2D eigenvalue weighted by atomic mass is 10.3. The molecule has 25 heavy (non-hydrogen) atoms. The van der Waals surface area contributed by atoms with E-state index in [-0.39, 0.29) is 22.9 Å². The van der Waals surface area contributed by atoms with E-state index in [2.05, 4.69) is 15.3 Å². The van der Waals surface area contributed by atoms with Crippen LogP contribution in [0.25, 0.3) is 0 Å². The Morgan fingerprint density at radius 2 is 2.20 bits per heavy atom. The highest BCUT2D eigenvalue weighted by Crippen LogP contribution is 2.18. The number of nitrogens with one attached hydrogen (secondary N) is 2. The summed E-state index contributed by atoms with van der Waals surface area (Å²) in [7, 11) is 0. The molecule has 0 fully saturated rings. The monoisotopic (exact) mass is 380 g/mol. The molecule has 0 saturated heterocycles. The Kier molecular flexibility index (Phi) is 7.02. The van der Waals surface area contributed by atoms with E-state index in [1.54, 1.807) is 17.8 Å². The van der Waals surface area contributed by atoms with Gasteiger partial charge in [-0.2, -0.15) is 11.8 Å². The van der Waals surface area contributed by atoms with Gasteiger partial charge < -0.3 is 10.3 Å². The van der Waals surface area contributed by atoms with Crippen molar-refractivity contribution in [3.8, 4) is 0 Å². The number of nitro benzene ring substituents is 1. The Hall–Kier alpha value is -2.33. The van der Waals surface area contributed by atoms with Crippen molar-refractivity contribution in [2.45, 2.75) is 17.8 Å². The van der Waals surface area contributed by atoms with Crippen LogP contribution < -0.4 is 10.9 Å². The molecular weight excluding hydrogens is 364 g/mol. The van der Waals surface area contributed by atoms with Crippen molar-refractivity contribution in [3.63, 3.8) is 0 Å². The van der Waals surface area contributed by atoms with Gasteiger partial charge in [-0.05, 0) is 11.8 Å². The highest BCUT2D eigenvalue weighted by Gasteiger charge is 2.10. The molecule has 0 spiro atoms. The van der Waals surface area contributed by atoms with Crippen LogP contribution in [0.1, 0.15) is 12.6 Å². The standard InChI is InChI=1S/C15H16N4O4S2/c1-2-24-8-11-7-13(20)18-15(17-11)25-9-14(21)16-10-4-3-5-12(6-10)19(22)23/h3-7H,2,8-9H2,1H3,(H,16,21)(H,17,18,20). The Morgan fingerprint density at radius 3 is 2.92 bits per heavy atom. The number of nitro groups is 1. The third-order valence-electron chi connectivity index (χ3n) is 2.91. The number of H-pyrrole nitrogens is 1. The Morgan fingerprint density at radius 1 is 1.40 bits per heavy atom. The molecule has 0 aliphatic rings. The third kappa shape index (κ3) is 6.24. The van der Waals surface area contributed by atoms with Gasteiger partial charge in [0, 0.05) is 29.6 Å². The zero-order valence-corrected chi connectivity index (χ0v) is 15.0. The van der Waals surface area contributed by atoms with E-state index in [1.807, 2.05) is 6.92 Å². The number of thioether (sulfide) groups is 2. The summed E-state index contributed by atoms with van der Waals surface area (Å²) in [4.78, 5) is 40.7. The molecule has 2 aromatic rings. The lowest BCUT2D eigenvalue weighted by Crippen LogP contribution is -2.16. The fraction of sp³-hybridized carbons (Fsp3) is 0.267. The molecule has 1 aromatic heterocycles. The zero-order valence-electron chi connectivity index (χ0n) is 13.4. The fourth-order valence-corrected chi connectivity index (χ4v) is 3.12. The van der Waals surface area contributed by atoms with Crippen molar-refractivity contribution >= 4 is 40.8 Å². The molecule has 10 heteroatoms. The maximum atomic E-state index is 12.0. The number of carbonyl (C=O) groups is 1. The number of aromatic nitrogens is 2. The molecule has 1 heterocycles. The van der Waals surface area contributed by atoms with Crippen molar-refractivity contribution < 1.29 is 9.72 Å². The number of non-ortho nitro benzene ring substituents is 1. The van der Waals surface area contributed by atoms with Crippen molar-refractivity contribution in [2.24, 2.45) is 0 Å². The van der Waals surface area contributed by atoms with Gasteiger partial charge in [0.1, 0.15) is 0 Å². The summed E-state index contributed by atoms with van der Waals surface area (Å²) in [5, 5.41) is 13.7. The van der Waals surface area contributed by atoms with Gasteiger partial charge in [0.2, 0.25) is 5.91 Å². The lowest BCUT2D eigenvalue weighted by Gasteiger charge is -2.06. The second-order valence-electron chi connectivity index (χ2n) is 4.82. The molecule has 0 aliphatic heterocycles. The summed E-state index contributed by atoms with van der Waals surface area (Å²) in [6, 6.07) is 7.13. The molecule has 0 aliphatic carbocycles. The van der Waals surface area contributed by atoms with Crippen LogP contribution in [0.2, 0.25) is 0 Å². The number of amides is 1. The first-order valence-corrected chi connectivity index (χ1v) is 9.47. The number of nitrogens with zero attached hydrogens (tertiary/aromatic N) is 2. The number of aromatic amines is 1. The lowest BCUT2D eigenvalue weighted by molar-refractivity contribution is -0.384. The minimum absolute atomic E-state index is 0.0238. The Labute approximate surface area is 152 Å². The second kappa shape index (κ2) is 9.23. The predicted octanol–water partition coefficient (Wildman–Crippen LogP) is 2.66. The van der Waals surface area contributed by atoms with Gasteiger partial charge in [-0.25, -0.2) is 4.98 Å². The van der Waals surface area contributed by atoms with Crippen LogP contribution in [-0.2, 0) is 10.5 Å². The van der Waals surface area contributed by atoms with Gasteiger partial charge in [0.25, 0.3) is 11.2 Å². The number of hydrogen-bond acceptors (Lipinski definition) is 7. The van der Waals surface area contributed by atoms with Gasteiger partial charge in [0.15, 0.2) is 5.16 Å². The van der Waals surface area contributed by atoms with Crippen molar-refractivity contribution in [1.82, 2.24) is 9.97 Å². The van der Waals surface area contributed by atoms with Gasteiger partial charge >= 0.3 is 0 Å². The van der Waals surface area contributed by atoms with E-state index in [4.69, 9.17) is 0 Å². The summed E-state index contributed by atoms with van der Waals surface area (Å²) < 4.78 is 0. The first kappa shape index (κ1) is 19.0. The normalized spacial score (nSPS) is 10.4. The van der Waals surface area contributed by atoms with E-state index >= 15 is 0 Å². The van der Waals surface area contributed by atoms with Crippen LogP contribution in [0.4, 0.5) is 11.4 Å². The average Bonchev–Trinajstić information content (AvgIpc) is 2.58. The quantitative estimate of drug-likeness (QED) is 0.313. The Balaban J connectivity index is 1.95.